The van der Waals surface area contributed by atoms with Gasteiger partial charge in [-0.05, 0) is 55.7 Å². The van der Waals surface area contributed by atoms with Gasteiger partial charge in [0.25, 0.3) is 0 Å². The van der Waals surface area contributed by atoms with E-state index in [1.807, 2.05) is 25.3 Å². The van der Waals surface area contributed by atoms with E-state index in [1.54, 1.807) is 7.11 Å². The Morgan fingerprint density at radius 2 is 2.05 bits per heavy atom. The Kier molecular flexibility index (Phi) is 7.24. The number of benzene rings is 1. The van der Waals surface area contributed by atoms with Crippen molar-refractivity contribution in [2.24, 2.45) is 16.8 Å². The van der Waals surface area contributed by atoms with Crippen molar-refractivity contribution >= 4 is 23.2 Å². The van der Waals surface area contributed by atoms with Crippen LogP contribution in [0.2, 0.25) is 0 Å². The van der Waals surface area contributed by atoms with Gasteiger partial charge in [-0.2, -0.15) is 0 Å². The third kappa shape index (κ3) is 4.49. The molecule has 2 aliphatic rings. The minimum atomic E-state index is -0.826. The van der Waals surface area contributed by atoms with Crippen LogP contribution in [-0.2, 0) is 20.8 Å². The van der Waals surface area contributed by atoms with Crippen molar-refractivity contribution in [3.05, 3.63) is 23.3 Å². The number of phenolic OH excluding ortho intramolecular Hbond substituents is 1. The summed E-state index contributed by atoms with van der Waals surface area (Å²) >= 11 is -0.826. The fraction of sp³-hybridized carbons (Fsp3) is 0.562. The molecular weight excluding hydrogens is 400 g/mol. The summed E-state index contributed by atoms with van der Waals surface area (Å²) in [7, 11) is 11.5. The number of fused-ring (bicyclic) bond motifs is 2. The molecule has 2 saturated carbocycles. The summed E-state index contributed by atoms with van der Waals surface area (Å²) in [6.07, 6.45) is 7.13. The van der Waals surface area contributed by atoms with Crippen molar-refractivity contribution in [2.45, 2.75) is 38.6 Å². The van der Waals surface area contributed by atoms with Crippen LogP contribution in [-0.4, -0.2) is 24.5 Å². The van der Waals surface area contributed by atoms with Crippen LogP contribution in [0.25, 0.3) is 0 Å². The van der Waals surface area contributed by atoms with Crippen LogP contribution in [0, 0.1) is 18.8 Å². The molecule has 1 aromatic rings. The molecule has 0 saturated heterocycles. The van der Waals surface area contributed by atoms with E-state index < -0.39 is 20.8 Å². The number of methoxy groups -OCH3 is 1. The molecule has 1 aromatic carbocycles. The third-order valence-electron chi connectivity index (χ3n) is 4.65. The van der Waals surface area contributed by atoms with E-state index in [2.05, 4.69) is 0 Å². The van der Waals surface area contributed by atoms with Gasteiger partial charge in [0.15, 0.2) is 0 Å². The van der Waals surface area contributed by atoms with Crippen LogP contribution >= 0.6 is 17.0 Å². The standard InChI is InChI=1S/C16H21NO2.2ClH.Zr/c1-10-5-14(19-2)8-13(16(10)18)9-17-15-7-11-3-4-12(15)6-11;;;/h5,8-9,11-12,15,18H,3-4,6-7H2,1-2H3;2*1H;/q;;;+2/p-2. The zero-order chi connectivity index (χ0) is 16.1. The van der Waals surface area contributed by atoms with E-state index >= 15 is 0 Å². The summed E-state index contributed by atoms with van der Waals surface area (Å²) in [5.41, 5.74) is 1.59. The Labute approximate surface area is 150 Å². The van der Waals surface area contributed by atoms with Gasteiger partial charge in [-0.1, -0.05) is 6.42 Å². The van der Waals surface area contributed by atoms with E-state index in [0.29, 0.717) is 11.8 Å². The molecule has 0 spiro atoms. The zero-order valence-electron chi connectivity index (χ0n) is 12.9. The van der Waals surface area contributed by atoms with Crippen molar-refractivity contribution in [2.75, 3.05) is 7.11 Å². The molecule has 0 aliphatic heterocycles. The van der Waals surface area contributed by atoms with Crippen molar-refractivity contribution in [3.8, 4) is 11.5 Å². The summed E-state index contributed by atoms with van der Waals surface area (Å²) in [5.74, 6) is 2.75. The molecule has 3 nitrogen and oxygen atoms in total. The van der Waals surface area contributed by atoms with Gasteiger partial charge < -0.3 is 9.84 Å². The molecule has 0 aromatic heterocycles. The molecule has 3 rings (SSSR count). The second-order valence-electron chi connectivity index (χ2n) is 5.97. The van der Waals surface area contributed by atoms with Gasteiger partial charge in [0.05, 0.1) is 13.2 Å². The second-order valence-corrected chi connectivity index (χ2v) is 9.71. The molecule has 2 aliphatic carbocycles. The fourth-order valence-electron chi connectivity index (χ4n) is 3.56. The Hall–Kier alpha value is -0.0469. The van der Waals surface area contributed by atoms with E-state index in [1.165, 1.54) is 25.7 Å². The first kappa shape index (κ1) is 18.3. The van der Waals surface area contributed by atoms with Crippen LogP contribution in [0.3, 0.4) is 0 Å². The zero-order valence-corrected chi connectivity index (χ0v) is 16.8. The predicted octanol–water partition coefficient (Wildman–Crippen LogP) is 4.69. The SMILES string of the molecule is COc1cc(C)c(O)c(C=NC2CC3CCC2C3)c1.[Cl][Zr][Cl]. The molecule has 2 fully saturated rings. The van der Waals surface area contributed by atoms with Crippen LogP contribution < -0.4 is 4.74 Å². The van der Waals surface area contributed by atoms with Crippen molar-refractivity contribution in [1.29, 1.82) is 0 Å². The summed E-state index contributed by atoms with van der Waals surface area (Å²) < 4.78 is 5.24. The quantitative estimate of drug-likeness (QED) is 0.720. The molecular formula is C16H21Cl2NO2Zr. The number of nitrogens with zero attached hydrogens (tertiary/aromatic N) is 1. The number of aliphatic imine (C=N–C) groups is 1. The van der Waals surface area contributed by atoms with Gasteiger partial charge >= 0.3 is 37.9 Å². The minimum absolute atomic E-state index is 0.313. The second kappa shape index (κ2) is 8.71. The normalized spacial score (nSPS) is 25.9. The topological polar surface area (TPSA) is 41.8 Å². The molecule has 0 amide bonds. The Bertz CT molecular complexity index is 539. The Morgan fingerprint density at radius 1 is 1.32 bits per heavy atom. The summed E-state index contributed by atoms with van der Waals surface area (Å²) in [6.45, 7) is 1.88. The number of hydrogen-bond acceptors (Lipinski definition) is 3. The number of aromatic hydroxyl groups is 1. The monoisotopic (exact) mass is 419 g/mol. The molecule has 0 heterocycles. The summed E-state index contributed by atoms with van der Waals surface area (Å²) in [6, 6.07) is 4.15. The number of rotatable bonds is 3. The predicted molar refractivity (Wildman–Crippen MR) is 87.9 cm³/mol. The summed E-state index contributed by atoms with van der Waals surface area (Å²) in [5, 5.41) is 10.1. The van der Waals surface area contributed by atoms with Crippen molar-refractivity contribution in [3.63, 3.8) is 0 Å². The van der Waals surface area contributed by atoms with Gasteiger partial charge in [0.2, 0.25) is 0 Å². The Balaban J connectivity index is 0.000000545. The van der Waals surface area contributed by atoms with E-state index in [9.17, 15) is 5.11 Å². The Morgan fingerprint density at radius 3 is 2.59 bits per heavy atom. The van der Waals surface area contributed by atoms with Gasteiger partial charge in [-0.3, -0.25) is 4.99 Å². The maximum absolute atomic E-state index is 10.1. The van der Waals surface area contributed by atoms with Crippen molar-refractivity contribution in [1.82, 2.24) is 0 Å². The average molecular weight is 421 g/mol. The molecule has 3 unspecified atom stereocenters. The van der Waals surface area contributed by atoms with Crippen molar-refractivity contribution < 1.29 is 30.7 Å². The van der Waals surface area contributed by atoms with Crippen LogP contribution in [0.15, 0.2) is 17.1 Å². The molecule has 2 bridgehead atoms. The van der Waals surface area contributed by atoms with Gasteiger partial charge in [0, 0.05) is 11.8 Å². The summed E-state index contributed by atoms with van der Waals surface area (Å²) in [4.78, 5) is 4.71. The third-order valence-corrected chi connectivity index (χ3v) is 4.65. The number of hydrogen-bond donors (Lipinski definition) is 1. The fourth-order valence-corrected chi connectivity index (χ4v) is 3.56. The van der Waals surface area contributed by atoms with Crippen LogP contribution in [0.5, 0.6) is 11.5 Å². The molecule has 1 N–H and O–H groups in total. The first-order chi connectivity index (χ1) is 10.6. The van der Waals surface area contributed by atoms with E-state index in [-0.39, 0.29) is 0 Å². The van der Waals surface area contributed by atoms with Gasteiger partial charge in [-0.25, -0.2) is 0 Å². The first-order valence-electron chi connectivity index (χ1n) is 7.46. The number of halogens is 2. The first-order valence-corrected chi connectivity index (χ1v) is 13.8. The van der Waals surface area contributed by atoms with Crippen LogP contribution in [0.4, 0.5) is 0 Å². The van der Waals surface area contributed by atoms with E-state index in [4.69, 9.17) is 26.8 Å². The number of phenols is 1. The van der Waals surface area contributed by atoms with Gasteiger partial charge in [-0.15, -0.1) is 0 Å². The van der Waals surface area contributed by atoms with Gasteiger partial charge in [0.1, 0.15) is 11.5 Å². The molecule has 6 heteroatoms. The number of ether oxygens (including phenoxy) is 1. The molecule has 0 radical (unpaired) electrons. The number of aryl methyl sites for hydroxylation is 1. The van der Waals surface area contributed by atoms with Crippen LogP contribution in [0.1, 0.15) is 36.8 Å². The maximum atomic E-state index is 10.1. The molecule has 3 atom stereocenters. The average Bonchev–Trinajstić information content (AvgIpc) is 3.12. The van der Waals surface area contributed by atoms with E-state index in [0.717, 1.165) is 28.7 Å². The molecule has 22 heavy (non-hydrogen) atoms. The molecule has 120 valence electrons.